The molecule has 1 heterocycles. The van der Waals surface area contributed by atoms with Gasteiger partial charge in [0.1, 0.15) is 23.8 Å². The van der Waals surface area contributed by atoms with Crippen molar-refractivity contribution in [3.63, 3.8) is 0 Å². The molecule has 0 unspecified atom stereocenters. The molecule has 2 aromatic carbocycles. The summed E-state index contributed by atoms with van der Waals surface area (Å²) in [5, 5.41) is 5.23. The van der Waals surface area contributed by atoms with Gasteiger partial charge in [-0.3, -0.25) is 9.59 Å². The van der Waals surface area contributed by atoms with Crippen LogP contribution in [0.2, 0.25) is 0 Å². The first kappa shape index (κ1) is 26.2. The van der Waals surface area contributed by atoms with Crippen LogP contribution in [-0.4, -0.2) is 36.2 Å². The van der Waals surface area contributed by atoms with Gasteiger partial charge in [-0.2, -0.15) is 0 Å². The minimum atomic E-state index is -4.77. The van der Waals surface area contributed by atoms with Gasteiger partial charge in [0.15, 0.2) is 5.78 Å². The molecule has 3 rings (SSSR count). The van der Waals surface area contributed by atoms with E-state index in [2.05, 4.69) is 15.0 Å². The summed E-state index contributed by atoms with van der Waals surface area (Å²) in [4.78, 5) is 29.0. The van der Waals surface area contributed by atoms with E-state index < -0.39 is 6.36 Å². The first-order valence-corrected chi connectivity index (χ1v) is 11.7. The van der Waals surface area contributed by atoms with Crippen molar-refractivity contribution in [1.82, 2.24) is 10.3 Å². The van der Waals surface area contributed by atoms with Crippen molar-refractivity contribution in [2.75, 3.05) is 13.2 Å². The topological polar surface area (TPSA) is 77.5 Å². The highest BCUT2D eigenvalue weighted by Gasteiger charge is 2.31. The summed E-state index contributed by atoms with van der Waals surface area (Å²) < 4.78 is 45.7. The van der Waals surface area contributed by atoms with Gasteiger partial charge in [0.25, 0.3) is 5.91 Å². The lowest BCUT2D eigenvalue weighted by atomic mass is 9.84. The zero-order valence-electron chi connectivity index (χ0n) is 19.2. The average molecular weight is 507 g/mol. The summed E-state index contributed by atoms with van der Waals surface area (Å²) in [5.41, 5.74) is 1.18. The molecule has 1 aromatic heterocycles. The van der Waals surface area contributed by atoms with Gasteiger partial charge >= 0.3 is 6.36 Å². The van der Waals surface area contributed by atoms with Gasteiger partial charge < -0.3 is 14.8 Å². The molecule has 10 heteroatoms. The number of aryl methyl sites for hydroxylation is 1. The van der Waals surface area contributed by atoms with Crippen LogP contribution < -0.4 is 14.8 Å². The van der Waals surface area contributed by atoms with E-state index in [0.29, 0.717) is 23.7 Å². The van der Waals surface area contributed by atoms with Crippen LogP contribution in [0.5, 0.6) is 11.5 Å². The molecule has 0 saturated heterocycles. The number of nitrogens with one attached hydrogen (secondary N) is 1. The molecule has 0 fully saturated rings. The monoisotopic (exact) mass is 506 g/mol. The number of rotatable bonds is 11. The molecule has 0 aliphatic heterocycles. The Labute approximate surface area is 205 Å². The summed E-state index contributed by atoms with van der Waals surface area (Å²) in [6.45, 7) is 4.31. The highest BCUT2D eigenvalue weighted by molar-refractivity contribution is 7.09. The first-order valence-electron chi connectivity index (χ1n) is 10.8. The quantitative estimate of drug-likeness (QED) is 0.380. The Hall–Kier alpha value is -3.40. The van der Waals surface area contributed by atoms with Gasteiger partial charge in [-0.25, -0.2) is 4.98 Å². The maximum Gasteiger partial charge on any atom is 0.573 e. The van der Waals surface area contributed by atoms with Crippen LogP contribution in [0.1, 0.15) is 41.3 Å². The third kappa shape index (κ3) is 8.40. The largest absolute Gasteiger partial charge is 0.573 e. The fraction of sp³-hybridized carbons (Fsp3) is 0.320. The smallest absolute Gasteiger partial charge is 0.486 e. The number of amides is 1. The number of ether oxygens (including phenoxy) is 2. The SMILES string of the molecule is CC(C)(CNC(=O)c1csc(CCC(=O)COc2ccc(OC(F)(F)F)cc2)n1)c1ccccc1. The minimum absolute atomic E-state index is 0.158. The van der Waals surface area contributed by atoms with Crippen molar-refractivity contribution in [1.29, 1.82) is 0 Å². The summed E-state index contributed by atoms with van der Waals surface area (Å²) in [7, 11) is 0. The van der Waals surface area contributed by atoms with Crippen molar-refractivity contribution in [3.05, 3.63) is 76.2 Å². The van der Waals surface area contributed by atoms with Crippen molar-refractivity contribution in [3.8, 4) is 11.5 Å². The molecule has 1 amide bonds. The zero-order chi connectivity index (χ0) is 25.5. The van der Waals surface area contributed by atoms with Crippen molar-refractivity contribution < 1.29 is 32.2 Å². The minimum Gasteiger partial charge on any atom is -0.486 e. The van der Waals surface area contributed by atoms with E-state index >= 15 is 0 Å². The van der Waals surface area contributed by atoms with Crippen molar-refractivity contribution in [2.45, 2.75) is 38.5 Å². The number of nitrogens with zero attached hydrogens (tertiary/aromatic N) is 1. The van der Waals surface area contributed by atoms with Gasteiger partial charge in [0.05, 0.1) is 5.01 Å². The van der Waals surface area contributed by atoms with Gasteiger partial charge in [-0.05, 0) is 29.8 Å². The normalized spacial score (nSPS) is 11.7. The Morgan fingerprint density at radius 2 is 1.66 bits per heavy atom. The van der Waals surface area contributed by atoms with E-state index in [1.165, 1.54) is 23.5 Å². The highest BCUT2D eigenvalue weighted by atomic mass is 32.1. The van der Waals surface area contributed by atoms with Crippen LogP contribution in [0.25, 0.3) is 0 Å². The Morgan fingerprint density at radius 1 is 1.00 bits per heavy atom. The molecule has 0 aliphatic rings. The summed E-state index contributed by atoms with van der Waals surface area (Å²) in [6, 6.07) is 14.7. The number of ketones is 1. The van der Waals surface area contributed by atoms with Crippen molar-refractivity contribution in [2.24, 2.45) is 0 Å². The standard InChI is InChI=1S/C25H25F3N2O4S/c1-24(2,17-6-4-3-5-7-17)16-29-23(32)21-15-35-22(30-21)13-8-18(31)14-33-19-9-11-20(12-10-19)34-25(26,27)28/h3-7,9-12,15H,8,13-14,16H2,1-2H3,(H,29,32). The fourth-order valence-electron chi connectivity index (χ4n) is 3.13. The van der Waals surface area contributed by atoms with Crippen molar-refractivity contribution >= 4 is 23.0 Å². The van der Waals surface area contributed by atoms with E-state index in [1.807, 2.05) is 44.2 Å². The van der Waals surface area contributed by atoms with E-state index in [1.54, 1.807) is 5.38 Å². The van der Waals surface area contributed by atoms with Crippen LogP contribution >= 0.6 is 11.3 Å². The van der Waals surface area contributed by atoms with Crippen LogP contribution in [-0.2, 0) is 16.6 Å². The van der Waals surface area contributed by atoms with Gasteiger partial charge in [0, 0.05) is 30.2 Å². The molecule has 6 nitrogen and oxygen atoms in total. The van der Waals surface area contributed by atoms with Gasteiger partial charge in [-0.15, -0.1) is 24.5 Å². The number of Topliss-reactive ketones (excluding diaryl/α,β-unsaturated/α-hetero) is 1. The van der Waals surface area contributed by atoms with Crippen LogP contribution in [0.4, 0.5) is 13.2 Å². The van der Waals surface area contributed by atoms with E-state index in [-0.39, 0.29) is 41.6 Å². The van der Waals surface area contributed by atoms with E-state index in [4.69, 9.17) is 4.74 Å². The average Bonchev–Trinajstić information content (AvgIpc) is 3.30. The number of hydrogen-bond donors (Lipinski definition) is 1. The Bertz CT molecular complexity index is 1130. The second-order valence-corrected chi connectivity index (χ2v) is 9.35. The summed E-state index contributed by atoms with van der Waals surface area (Å²) in [6.07, 6.45) is -4.26. The molecule has 3 aromatic rings. The molecule has 0 saturated carbocycles. The second-order valence-electron chi connectivity index (χ2n) is 8.41. The van der Waals surface area contributed by atoms with E-state index in [9.17, 15) is 22.8 Å². The molecule has 0 atom stereocenters. The van der Waals surface area contributed by atoms with Crippen LogP contribution in [0.15, 0.2) is 60.0 Å². The number of halogens is 3. The molecular formula is C25H25F3N2O4S. The molecule has 0 bridgehead atoms. The molecule has 186 valence electrons. The molecule has 35 heavy (non-hydrogen) atoms. The Morgan fingerprint density at radius 3 is 2.31 bits per heavy atom. The lowest BCUT2D eigenvalue weighted by Gasteiger charge is -2.25. The predicted molar refractivity (Wildman–Crippen MR) is 126 cm³/mol. The number of alkyl halides is 3. The first-order chi connectivity index (χ1) is 16.5. The van der Waals surface area contributed by atoms with Crippen LogP contribution in [0.3, 0.4) is 0 Å². The number of thiazole rings is 1. The Kier molecular flexibility index (Phi) is 8.50. The second kappa shape index (κ2) is 11.4. The maximum atomic E-state index is 12.5. The number of carbonyl (C=O) groups is 2. The summed E-state index contributed by atoms with van der Waals surface area (Å²) >= 11 is 1.30. The third-order valence-electron chi connectivity index (χ3n) is 5.11. The fourth-order valence-corrected chi connectivity index (χ4v) is 3.91. The lowest BCUT2D eigenvalue weighted by molar-refractivity contribution is -0.274. The molecule has 0 spiro atoms. The molecule has 0 radical (unpaired) electrons. The van der Waals surface area contributed by atoms with E-state index in [0.717, 1.165) is 17.7 Å². The molecular weight excluding hydrogens is 481 g/mol. The number of hydrogen-bond acceptors (Lipinski definition) is 6. The summed E-state index contributed by atoms with van der Waals surface area (Å²) in [5.74, 6) is -0.599. The number of aromatic nitrogens is 1. The van der Waals surface area contributed by atoms with Gasteiger partial charge in [0.2, 0.25) is 0 Å². The third-order valence-corrected chi connectivity index (χ3v) is 6.01. The number of benzene rings is 2. The molecule has 0 aliphatic carbocycles. The predicted octanol–water partition coefficient (Wildman–Crippen LogP) is 5.33. The van der Waals surface area contributed by atoms with Crippen LogP contribution in [0, 0.1) is 0 Å². The molecule has 1 N–H and O–H groups in total. The Balaban J connectivity index is 1.42. The lowest BCUT2D eigenvalue weighted by Crippen LogP contribution is -2.36. The number of carbonyl (C=O) groups excluding carboxylic acids is 2. The maximum absolute atomic E-state index is 12.5. The highest BCUT2D eigenvalue weighted by Crippen LogP contribution is 2.25. The van der Waals surface area contributed by atoms with Gasteiger partial charge in [-0.1, -0.05) is 44.2 Å². The zero-order valence-corrected chi connectivity index (χ0v) is 20.0.